The summed E-state index contributed by atoms with van der Waals surface area (Å²) < 4.78 is 13.1. The first-order chi connectivity index (χ1) is 7.00. The number of primary amides is 1. The number of carbonyl (C=O) groups excluding carboxylic acids is 1. The normalized spacial score (nSPS) is 10.8. The van der Waals surface area contributed by atoms with Gasteiger partial charge < -0.3 is 15.8 Å². The van der Waals surface area contributed by atoms with Gasteiger partial charge in [0.2, 0.25) is 5.88 Å². The van der Waals surface area contributed by atoms with Crippen molar-refractivity contribution in [2.45, 2.75) is 0 Å². The van der Waals surface area contributed by atoms with E-state index >= 15 is 0 Å². The maximum Gasteiger partial charge on any atom is 0.254 e. The summed E-state index contributed by atoms with van der Waals surface area (Å²) in [5, 5.41) is 9.48. The molecule has 4 nitrogen and oxygen atoms in total. The van der Waals surface area contributed by atoms with Crippen LogP contribution in [-0.2, 0) is 0 Å². The van der Waals surface area contributed by atoms with Crippen LogP contribution in [0.2, 0.25) is 5.02 Å². The van der Waals surface area contributed by atoms with E-state index in [1.807, 2.05) is 0 Å². The van der Waals surface area contributed by atoms with Crippen LogP contribution < -0.4 is 5.73 Å². The number of aromatic amines is 1. The van der Waals surface area contributed by atoms with Crippen molar-refractivity contribution < 1.29 is 14.3 Å². The maximum absolute atomic E-state index is 13.1. The summed E-state index contributed by atoms with van der Waals surface area (Å²) in [6, 6.07) is 2.33. The number of nitrogens with one attached hydrogen (secondary N) is 1. The molecule has 15 heavy (non-hydrogen) atoms. The molecule has 2 rings (SSSR count). The zero-order valence-electron chi connectivity index (χ0n) is 7.34. The van der Waals surface area contributed by atoms with Gasteiger partial charge in [0.05, 0.1) is 10.5 Å². The van der Waals surface area contributed by atoms with Gasteiger partial charge in [0.15, 0.2) is 0 Å². The van der Waals surface area contributed by atoms with E-state index in [1.165, 1.54) is 6.07 Å². The average molecular weight is 229 g/mol. The number of carbonyl (C=O) groups is 1. The minimum absolute atomic E-state index is 0.0974. The fourth-order valence-corrected chi connectivity index (χ4v) is 1.59. The van der Waals surface area contributed by atoms with Gasteiger partial charge in [-0.05, 0) is 12.1 Å². The molecule has 4 N–H and O–H groups in total. The largest absolute Gasteiger partial charge is 0.494 e. The molecule has 78 valence electrons. The van der Waals surface area contributed by atoms with Gasteiger partial charge in [0.25, 0.3) is 5.91 Å². The predicted octanol–water partition coefficient (Wildman–Crippen LogP) is 1.76. The molecule has 0 bridgehead atoms. The van der Waals surface area contributed by atoms with E-state index in [2.05, 4.69) is 4.98 Å². The number of nitrogens with two attached hydrogens (primary N) is 1. The Bertz CT molecular complexity index is 565. The summed E-state index contributed by atoms with van der Waals surface area (Å²) in [6.07, 6.45) is 0. The van der Waals surface area contributed by atoms with Crippen LogP contribution in [0.5, 0.6) is 5.88 Å². The molecule has 2 aromatic rings. The topological polar surface area (TPSA) is 79.1 Å². The standard InChI is InChI=1S/C9H6ClFN2O2/c10-4-2-6-3(1-5(4)11)7(8(12)14)9(15)13-6/h1-2,13,15H,(H2,12,14). The van der Waals surface area contributed by atoms with Crippen LogP contribution >= 0.6 is 11.6 Å². The van der Waals surface area contributed by atoms with Crippen molar-refractivity contribution in [2.24, 2.45) is 5.73 Å². The summed E-state index contributed by atoms with van der Waals surface area (Å²) in [5.74, 6) is -1.90. The van der Waals surface area contributed by atoms with E-state index in [9.17, 15) is 14.3 Å². The first-order valence-electron chi connectivity index (χ1n) is 4.00. The third kappa shape index (κ3) is 1.41. The van der Waals surface area contributed by atoms with Crippen LogP contribution in [0.25, 0.3) is 10.9 Å². The van der Waals surface area contributed by atoms with Gasteiger partial charge in [0, 0.05) is 5.39 Å². The SMILES string of the molecule is NC(=O)c1c(O)[nH]c2cc(Cl)c(F)cc12. The zero-order chi connectivity index (χ0) is 11.2. The van der Waals surface area contributed by atoms with Crippen LogP contribution in [0, 0.1) is 5.82 Å². The number of halogens is 2. The van der Waals surface area contributed by atoms with Crippen molar-refractivity contribution in [3.63, 3.8) is 0 Å². The molecule has 1 heterocycles. The second kappa shape index (κ2) is 3.13. The monoisotopic (exact) mass is 228 g/mol. The molecule has 0 atom stereocenters. The third-order valence-electron chi connectivity index (χ3n) is 2.07. The van der Waals surface area contributed by atoms with Gasteiger partial charge in [-0.2, -0.15) is 0 Å². The van der Waals surface area contributed by atoms with E-state index in [4.69, 9.17) is 17.3 Å². The van der Waals surface area contributed by atoms with E-state index in [-0.39, 0.29) is 21.9 Å². The van der Waals surface area contributed by atoms with Gasteiger partial charge in [-0.1, -0.05) is 11.6 Å². The molecular weight excluding hydrogens is 223 g/mol. The van der Waals surface area contributed by atoms with Crippen LogP contribution in [0.3, 0.4) is 0 Å². The highest BCUT2D eigenvalue weighted by atomic mass is 35.5. The minimum atomic E-state index is -0.833. The molecule has 0 fully saturated rings. The highest BCUT2D eigenvalue weighted by Crippen LogP contribution is 2.30. The van der Waals surface area contributed by atoms with Crippen LogP contribution in [0.4, 0.5) is 4.39 Å². The Hall–Kier alpha value is -1.75. The number of aromatic nitrogens is 1. The molecule has 1 amide bonds. The first kappa shape index (κ1) is 9.79. The van der Waals surface area contributed by atoms with Crippen molar-refractivity contribution in [1.29, 1.82) is 0 Å². The number of hydrogen-bond acceptors (Lipinski definition) is 2. The highest BCUT2D eigenvalue weighted by Gasteiger charge is 2.17. The molecule has 1 aromatic carbocycles. The lowest BCUT2D eigenvalue weighted by Crippen LogP contribution is -2.10. The maximum atomic E-state index is 13.1. The molecule has 1 aromatic heterocycles. The molecule has 0 saturated carbocycles. The Labute approximate surface area is 88.5 Å². The van der Waals surface area contributed by atoms with Gasteiger partial charge in [-0.15, -0.1) is 0 Å². The van der Waals surface area contributed by atoms with E-state index in [1.54, 1.807) is 0 Å². The van der Waals surface area contributed by atoms with Crippen LogP contribution in [0.1, 0.15) is 10.4 Å². The first-order valence-corrected chi connectivity index (χ1v) is 4.38. The smallest absolute Gasteiger partial charge is 0.254 e. The van der Waals surface area contributed by atoms with Gasteiger partial charge in [0.1, 0.15) is 11.4 Å². The number of benzene rings is 1. The Morgan fingerprint density at radius 3 is 2.80 bits per heavy atom. The number of hydrogen-bond donors (Lipinski definition) is 3. The lowest BCUT2D eigenvalue weighted by atomic mass is 10.1. The lowest BCUT2D eigenvalue weighted by Gasteiger charge is -1.95. The number of fused-ring (bicyclic) bond motifs is 1. The number of H-pyrrole nitrogens is 1. The molecular formula is C9H6ClFN2O2. The zero-order valence-corrected chi connectivity index (χ0v) is 8.10. The number of amides is 1. The molecule has 0 radical (unpaired) electrons. The van der Waals surface area contributed by atoms with Crippen LogP contribution in [-0.4, -0.2) is 16.0 Å². The Balaban J connectivity index is 2.87. The molecule has 6 heteroatoms. The second-order valence-corrected chi connectivity index (χ2v) is 3.43. The van der Waals surface area contributed by atoms with Gasteiger partial charge in [-0.3, -0.25) is 4.79 Å². The third-order valence-corrected chi connectivity index (χ3v) is 2.36. The Kier molecular flexibility index (Phi) is 2.04. The average Bonchev–Trinajstić information content (AvgIpc) is 2.41. The molecule has 0 saturated heterocycles. The molecule has 0 aliphatic heterocycles. The van der Waals surface area contributed by atoms with Crippen molar-refractivity contribution in [3.05, 3.63) is 28.5 Å². The molecule has 0 aliphatic rings. The number of rotatable bonds is 1. The lowest BCUT2D eigenvalue weighted by molar-refractivity contribution is 0.0999. The summed E-state index contributed by atoms with van der Waals surface area (Å²) in [7, 11) is 0. The minimum Gasteiger partial charge on any atom is -0.494 e. The summed E-state index contributed by atoms with van der Waals surface area (Å²) in [4.78, 5) is 13.5. The summed E-state index contributed by atoms with van der Waals surface area (Å²) >= 11 is 5.54. The van der Waals surface area contributed by atoms with E-state index in [0.717, 1.165) is 6.07 Å². The molecule has 0 spiro atoms. The van der Waals surface area contributed by atoms with E-state index in [0.29, 0.717) is 5.52 Å². The predicted molar refractivity (Wildman–Crippen MR) is 53.4 cm³/mol. The van der Waals surface area contributed by atoms with Crippen molar-refractivity contribution in [1.82, 2.24) is 4.98 Å². The van der Waals surface area contributed by atoms with Crippen molar-refractivity contribution in [2.75, 3.05) is 0 Å². The van der Waals surface area contributed by atoms with E-state index < -0.39 is 11.7 Å². The Morgan fingerprint density at radius 1 is 1.53 bits per heavy atom. The fraction of sp³-hybridized carbons (Fsp3) is 0. The molecule has 0 aliphatic carbocycles. The Morgan fingerprint density at radius 2 is 2.20 bits per heavy atom. The van der Waals surface area contributed by atoms with Crippen molar-refractivity contribution in [3.8, 4) is 5.88 Å². The highest BCUT2D eigenvalue weighted by molar-refractivity contribution is 6.31. The quantitative estimate of drug-likeness (QED) is 0.695. The second-order valence-electron chi connectivity index (χ2n) is 3.02. The fourth-order valence-electron chi connectivity index (χ4n) is 1.42. The molecule has 0 unspecified atom stereocenters. The number of aromatic hydroxyl groups is 1. The van der Waals surface area contributed by atoms with Gasteiger partial charge in [-0.25, -0.2) is 4.39 Å². The summed E-state index contributed by atoms with van der Waals surface area (Å²) in [5.41, 5.74) is 5.25. The summed E-state index contributed by atoms with van der Waals surface area (Å²) in [6.45, 7) is 0. The van der Waals surface area contributed by atoms with Gasteiger partial charge >= 0.3 is 0 Å². The van der Waals surface area contributed by atoms with Crippen molar-refractivity contribution >= 4 is 28.4 Å². The van der Waals surface area contributed by atoms with Crippen LogP contribution in [0.15, 0.2) is 12.1 Å².